The SMILES string of the molecule is CCCC[C@@H]1C=CCN1C(=O)NCCCn1cccc1. The van der Waals surface area contributed by atoms with Crippen molar-refractivity contribution in [1.82, 2.24) is 14.8 Å². The summed E-state index contributed by atoms with van der Waals surface area (Å²) in [4.78, 5) is 14.1. The second-order valence-electron chi connectivity index (χ2n) is 5.30. The van der Waals surface area contributed by atoms with E-state index in [2.05, 4.69) is 29.0 Å². The third-order valence-corrected chi connectivity index (χ3v) is 3.71. The number of hydrogen-bond donors (Lipinski definition) is 1. The summed E-state index contributed by atoms with van der Waals surface area (Å²) in [6.45, 7) is 4.61. The Hall–Kier alpha value is -1.71. The van der Waals surface area contributed by atoms with Gasteiger partial charge in [-0.15, -0.1) is 0 Å². The Morgan fingerprint density at radius 2 is 2.10 bits per heavy atom. The van der Waals surface area contributed by atoms with E-state index in [1.807, 2.05) is 29.4 Å². The standard InChI is InChI=1S/C16H25N3O/c1-2-3-8-15-9-6-14-19(15)16(20)17-10-7-13-18-11-4-5-12-18/h4-6,9,11-12,15H,2-3,7-8,10,13-14H2,1H3,(H,17,20)/t15-/m1/s1. The zero-order chi connectivity index (χ0) is 14.2. The van der Waals surface area contributed by atoms with Gasteiger partial charge in [0.1, 0.15) is 0 Å². The fraction of sp³-hybridized carbons (Fsp3) is 0.562. The first-order valence-corrected chi connectivity index (χ1v) is 7.63. The number of amides is 2. The lowest BCUT2D eigenvalue weighted by molar-refractivity contribution is 0.194. The summed E-state index contributed by atoms with van der Waals surface area (Å²) < 4.78 is 2.13. The van der Waals surface area contributed by atoms with Crippen LogP contribution in [0.2, 0.25) is 0 Å². The molecule has 2 heterocycles. The Labute approximate surface area is 121 Å². The average Bonchev–Trinajstić information content (AvgIpc) is 3.12. The summed E-state index contributed by atoms with van der Waals surface area (Å²) in [6, 6.07) is 4.41. The van der Waals surface area contributed by atoms with Crippen molar-refractivity contribution in [3.05, 3.63) is 36.7 Å². The van der Waals surface area contributed by atoms with Crippen molar-refractivity contribution in [1.29, 1.82) is 0 Å². The average molecular weight is 275 g/mol. The van der Waals surface area contributed by atoms with Crippen LogP contribution in [-0.2, 0) is 6.54 Å². The van der Waals surface area contributed by atoms with Crippen molar-refractivity contribution in [3.63, 3.8) is 0 Å². The summed E-state index contributed by atoms with van der Waals surface area (Å²) in [5.41, 5.74) is 0. The van der Waals surface area contributed by atoms with Crippen LogP contribution in [-0.4, -0.2) is 34.6 Å². The molecule has 1 atom stereocenters. The van der Waals surface area contributed by atoms with Crippen LogP contribution in [0.3, 0.4) is 0 Å². The molecule has 0 unspecified atom stereocenters. The molecule has 4 nitrogen and oxygen atoms in total. The summed E-state index contributed by atoms with van der Waals surface area (Å²) in [6.07, 6.45) is 12.7. The number of urea groups is 1. The van der Waals surface area contributed by atoms with Crippen molar-refractivity contribution >= 4 is 6.03 Å². The highest BCUT2D eigenvalue weighted by atomic mass is 16.2. The van der Waals surface area contributed by atoms with E-state index >= 15 is 0 Å². The molecule has 4 heteroatoms. The van der Waals surface area contributed by atoms with Crippen LogP contribution in [0.25, 0.3) is 0 Å². The second kappa shape index (κ2) is 7.78. The third kappa shape index (κ3) is 4.15. The molecular weight excluding hydrogens is 250 g/mol. The maximum Gasteiger partial charge on any atom is 0.318 e. The van der Waals surface area contributed by atoms with Gasteiger partial charge in [0.15, 0.2) is 0 Å². The van der Waals surface area contributed by atoms with Crippen LogP contribution < -0.4 is 5.32 Å². The molecule has 1 aromatic rings. The number of nitrogens with one attached hydrogen (secondary N) is 1. The topological polar surface area (TPSA) is 37.3 Å². The van der Waals surface area contributed by atoms with Crippen molar-refractivity contribution in [2.45, 2.75) is 45.2 Å². The van der Waals surface area contributed by atoms with Crippen LogP contribution in [0.15, 0.2) is 36.7 Å². The van der Waals surface area contributed by atoms with Gasteiger partial charge >= 0.3 is 6.03 Å². The number of carbonyl (C=O) groups excluding carboxylic acids is 1. The van der Waals surface area contributed by atoms with Crippen molar-refractivity contribution in [2.24, 2.45) is 0 Å². The molecule has 110 valence electrons. The summed E-state index contributed by atoms with van der Waals surface area (Å²) in [7, 11) is 0. The molecule has 1 aliphatic rings. The van der Waals surface area contributed by atoms with Crippen molar-refractivity contribution in [3.8, 4) is 0 Å². The maximum atomic E-state index is 12.1. The first-order valence-electron chi connectivity index (χ1n) is 7.63. The Morgan fingerprint density at radius 3 is 2.85 bits per heavy atom. The number of carbonyl (C=O) groups is 1. The Balaban J connectivity index is 1.66. The van der Waals surface area contributed by atoms with E-state index in [0.29, 0.717) is 6.04 Å². The molecule has 0 bridgehead atoms. The van der Waals surface area contributed by atoms with Crippen LogP contribution >= 0.6 is 0 Å². The highest BCUT2D eigenvalue weighted by Gasteiger charge is 2.23. The normalized spacial score (nSPS) is 17.6. The van der Waals surface area contributed by atoms with Gasteiger partial charge in [-0.05, 0) is 25.0 Å². The van der Waals surface area contributed by atoms with E-state index in [0.717, 1.165) is 32.5 Å². The number of nitrogens with zero attached hydrogens (tertiary/aromatic N) is 2. The van der Waals surface area contributed by atoms with Gasteiger partial charge in [-0.2, -0.15) is 0 Å². The molecule has 0 aromatic carbocycles. The van der Waals surface area contributed by atoms with Gasteiger partial charge in [0.25, 0.3) is 0 Å². The lowest BCUT2D eigenvalue weighted by atomic mass is 10.1. The molecule has 0 saturated carbocycles. The Morgan fingerprint density at radius 1 is 1.30 bits per heavy atom. The van der Waals surface area contributed by atoms with Crippen LogP contribution in [0.1, 0.15) is 32.6 Å². The van der Waals surface area contributed by atoms with Crippen molar-refractivity contribution < 1.29 is 4.79 Å². The Kier molecular flexibility index (Phi) is 5.71. The smallest absolute Gasteiger partial charge is 0.318 e. The first kappa shape index (κ1) is 14.7. The van der Waals surface area contributed by atoms with Gasteiger partial charge in [-0.25, -0.2) is 4.79 Å². The van der Waals surface area contributed by atoms with Crippen LogP contribution in [0.4, 0.5) is 4.79 Å². The van der Waals surface area contributed by atoms with Gasteiger partial charge in [-0.3, -0.25) is 0 Å². The first-order chi connectivity index (χ1) is 9.81. The number of aryl methyl sites for hydroxylation is 1. The van der Waals surface area contributed by atoms with Crippen LogP contribution in [0, 0.1) is 0 Å². The predicted molar refractivity (Wildman–Crippen MR) is 81.6 cm³/mol. The zero-order valence-electron chi connectivity index (χ0n) is 12.3. The second-order valence-corrected chi connectivity index (χ2v) is 5.30. The fourth-order valence-electron chi connectivity index (χ4n) is 2.55. The molecule has 1 N–H and O–H groups in total. The number of rotatable bonds is 7. The minimum absolute atomic E-state index is 0.0728. The molecule has 0 radical (unpaired) electrons. The Bertz CT molecular complexity index is 425. The highest BCUT2D eigenvalue weighted by molar-refractivity contribution is 5.75. The molecule has 20 heavy (non-hydrogen) atoms. The maximum absolute atomic E-state index is 12.1. The molecule has 1 aromatic heterocycles. The molecule has 1 aliphatic heterocycles. The van der Waals surface area contributed by atoms with E-state index < -0.39 is 0 Å². The van der Waals surface area contributed by atoms with Crippen molar-refractivity contribution in [2.75, 3.05) is 13.1 Å². The molecule has 0 saturated heterocycles. The van der Waals surface area contributed by atoms with E-state index in [9.17, 15) is 4.79 Å². The third-order valence-electron chi connectivity index (χ3n) is 3.71. The fourth-order valence-corrected chi connectivity index (χ4v) is 2.55. The monoisotopic (exact) mass is 275 g/mol. The number of hydrogen-bond acceptors (Lipinski definition) is 1. The molecule has 0 aliphatic carbocycles. The lowest BCUT2D eigenvalue weighted by Gasteiger charge is -2.24. The van der Waals surface area contributed by atoms with E-state index in [1.54, 1.807) is 0 Å². The molecule has 2 amide bonds. The molecule has 0 spiro atoms. The summed E-state index contributed by atoms with van der Waals surface area (Å²) in [5.74, 6) is 0. The molecular formula is C16H25N3O. The quantitative estimate of drug-likeness (QED) is 0.603. The lowest BCUT2D eigenvalue weighted by Crippen LogP contribution is -2.43. The number of unbranched alkanes of at least 4 members (excludes halogenated alkanes) is 1. The van der Waals surface area contributed by atoms with Gasteiger partial charge in [-0.1, -0.05) is 31.9 Å². The van der Waals surface area contributed by atoms with Gasteiger partial charge in [0, 0.05) is 32.0 Å². The van der Waals surface area contributed by atoms with E-state index in [-0.39, 0.29) is 6.03 Å². The molecule has 2 rings (SSSR count). The van der Waals surface area contributed by atoms with Gasteiger partial charge < -0.3 is 14.8 Å². The largest absolute Gasteiger partial charge is 0.354 e. The highest BCUT2D eigenvalue weighted by Crippen LogP contribution is 2.15. The zero-order valence-corrected chi connectivity index (χ0v) is 12.3. The predicted octanol–water partition coefficient (Wildman–Crippen LogP) is 3.02. The minimum atomic E-state index is 0.0728. The number of aromatic nitrogens is 1. The minimum Gasteiger partial charge on any atom is -0.354 e. The van der Waals surface area contributed by atoms with Crippen LogP contribution in [0.5, 0.6) is 0 Å². The van der Waals surface area contributed by atoms with E-state index in [1.165, 1.54) is 12.8 Å². The van der Waals surface area contributed by atoms with Gasteiger partial charge in [0.2, 0.25) is 0 Å². The summed E-state index contributed by atoms with van der Waals surface area (Å²) in [5, 5.41) is 3.03. The van der Waals surface area contributed by atoms with E-state index in [4.69, 9.17) is 0 Å². The molecule has 0 fully saturated rings. The van der Waals surface area contributed by atoms with Gasteiger partial charge in [0.05, 0.1) is 6.04 Å². The summed E-state index contributed by atoms with van der Waals surface area (Å²) >= 11 is 0.